The van der Waals surface area contributed by atoms with Crippen LogP contribution in [-0.4, -0.2) is 32.7 Å². The third-order valence-electron chi connectivity index (χ3n) is 2.29. The van der Waals surface area contributed by atoms with E-state index in [9.17, 15) is 18.0 Å². The monoisotopic (exact) mass is 315 g/mol. The summed E-state index contributed by atoms with van der Waals surface area (Å²) in [5.41, 5.74) is 0.0790. The molecule has 0 aliphatic heterocycles. The first-order chi connectivity index (χ1) is 10.4. The number of nitrogens with zero attached hydrogens (tertiary/aromatic N) is 1. The molecule has 1 aromatic carbocycles. The number of ether oxygens (including phenoxy) is 3. The maximum absolute atomic E-state index is 12.0. The molecule has 1 rings (SSSR count). The lowest BCUT2D eigenvalue weighted by molar-refractivity contribution is -0.274. The number of halogens is 3. The molecule has 0 amide bonds. The van der Waals surface area contributed by atoms with E-state index >= 15 is 0 Å². The van der Waals surface area contributed by atoms with Gasteiger partial charge in [-0.25, -0.2) is 4.79 Å². The van der Waals surface area contributed by atoms with Crippen LogP contribution in [0.4, 0.5) is 13.2 Å². The molecule has 8 heteroatoms. The van der Waals surface area contributed by atoms with Crippen LogP contribution in [0.15, 0.2) is 29.8 Å². The van der Waals surface area contributed by atoms with Crippen LogP contribution in [-0.2, 0) is 14.3 Å². The number of esters is 1. The van der Waals surface area contributed by atoms with Gasteiger partial charge < -0.3 is 14.2 Å². The molecule has 0 saturated carbocycles. The van der Waals surface area contributed by atoms with Gasteiger partial charge in [0.25, 0.3) is 0 Å². The molecule has 0 unspecified atom stereocenters. The number of hydrogen-bond acceptors (Lipinski definition) is 5. The van der Waals surface area contributed by atoms with Crippen LogP contribution in [0.3, 0.4) is 0 Å². The second-order valence-corrected chi connectivity index (χ2v) is 3.92. The van der Waals surface area contributed by atoms with Crippen LogP contribution in [0.25, 0.3) is 6.08 Å². The molecule has 0 radical (unpaired) electrons. The third kappa shape index (κ3) is 6.28. The van der Waals surface area contributed by atoms with E-state index in [1.54, 1.807) is 6.07 Å². The van der Waals surface area contributed by atoms with Gasteiger partial charge in [-0.15, -0.1) is 13.2 Å². The zero-order valence-corrected chi connectivity index (χ0v) is 11.5. The van der Waals surface area contributed by atoms with Crippen molar-refractivity contribution in [3.63, 3.8) is 0 Å². The van der Waals surface area contributed by atoms with Gasteiger partial charge in [0.2, 0.25) is 0 Å². The lowest BCUT2D eigenvalue weighted by Crippen LogP contribution is -2.16. The van der Waals surface area contributed by atoms with Gasteiger partial charge in [-0.3, -0.25) is 0 Å². The molecular weight excluding hydrogens is 303 g/mol. The fraction of sp³-hybridized carbons (Fsp3) is 0.286. The summed E-state index contributed by atoms with van der Waals surface area (Å²) in [4.78, 5) is 11.6. The normalized spacial score (nSPS) is 11.7. The van der Waals surface area contributed by atoms with E-state index in [-0.39, 0.29) is 18.8 Å². The Hall–Kier alpha value is -2.53. The molecule has 0 N–H and O–H groups in total. The minimum atomic E-state index is -4.78. The molecule has 0 spiro atoms. The Morgan fingerprint density at radius 1 is 1.27 bits per heavy atom. The molecule has 0 aliphatic rings. The highest BCUT2D eigenvalue weighted by Gasteiger charge is 2.30. The van der Waals surface area contributed by atoms with E-state index in [2.05, 4.69) is 4.74 Å². The van der Waals surface area contributed by atoms with Crippen molar-refractivity contribution >= 4 is 12.0 Å². The number of methoxy groups -OCH3 is 1. The number of nitriles is 1. The fourth-order valence-corrected chi connectivity index (χ4v) is 1.36. The highest BCUT2D eigenvalue weighted by atomic mass is 19.4. The van der Waals surface area contributed by atoms with Crippen LogP contribution < -0.4 is 4.74 Å². The molecule has 22 heavy (non-hydrogen) atoms. The van der Waals surface area contributed by atoms with Gasteiger partial charge in [-0.1, -0.05) is 12.1 Å². The molecule has 0 bridgehead atoms. The predicted molar refractivity (Wildman–Crippen MR) is 69.6 cm³/mol. The number of carbonyl (C=O) groups excluding carboxylic acids is 1. The van der Waals surface area contributed by atoms with E-state index in [0.29, 0.717) is 5.56 Å². The van der Waals surface area contributed by atoms with Crippen molar-refractivity contribution in [1.29, 1.82) is 5.26 Å². The number of rotatable bonds is 6. The van der Waals surface area contributed by atoms with E-state index < -0.39 is 18.1 Å². The van der Waals surface area contributed by atoms with Crippen LogP contribution in [0, 0.1) is 11.3 Å². The van der Waals surface area contributed by atoms with E-state index in [1.807, 2.05) is 0 Å². The lowest BCUT2D eigenvalue weighted by atomic mass is 10.1. The first-order valence-corrected chi connectivity index (χ1v) is 5.99. The van der Waals surface area contributed by atoms with Crippen molar-refractivity contribution in [1.82, 2.24) is 0 Å². The molecule has 0 aromatic heterocycles. The zero-order valence-electron chi connectivity index (χ0n) is 11.5. The van der Waals surface area contributed by atoms with Gasteiger partial charge in [-0.05, 0) is 23.8 Å². The first kappa shape index (κ1) is 17.5. The van der Waals surface area contributed by atoms with E-state index in [1.165, 1.54) is 25.3 Å². The summed E-state index contributed by atoms with van der Waals surface area (Å²) in [6.45, 7) is 0.181. The van der Waals surface area contributed by atoms with Crippen LogP contribution in [0.5, 0.6) is 5.75 Å². The fourth-order valence-electron chi connectivity index (χ4n) is 1.36. The van der Waals surface area contributed by atoms with Crippen molar-refractivity contribution in [2.45, 2.75) is 6.36 Å². The maximum Gasteiger partial charge on any atom is 0.573 e. The zero-order chi connectivity index (χ0) is 16.6. The van der Waals surface area contributed by atoms with Crippen LogP contribution in [0.1, 0.15) is 5.56 Å². The van der Waals surface area contributed by atoms with Gasteiger partial charge in [-0.2, -0.15) is 5.26 Å². The molecule has 0 aliphatic carbocycles. The smallest absolute Gasteiger partial charge is 0.459 e. The van der Waals surface area contributed by atoms with Gasteiger partial charge in [0.15, 0.2) is 0 Å². The Bertz CT molecular complexity index is 573. The summed E-state index contributed by atoms with van der Waals surface area (Å²) in [6, 6.07) is 6.37. The van der Waals surface area contributed by atoms with Crippen molar-refractivity contribution in [3.8, 4) is 11.8 Å². The standard InChI is InChI=1S/C14H12F3NO4/c1-20-6-7-21-13(19)11(9-18)8-10-2-4-12(5-3-10)22-14(15,16)17/h2-5,8H,6-7H2,1H3/b11-8+. The molecule has 118 valence electrons. The molecule has 0 saturated heterocycles. The minimum Gasteiger partial charge on any atom is -0.459 e. The molecular formula is C14H12F3NO4. The quantitative estimate of drug-likeness (QED) is 0.349. The summed E-state index contributed by atoms with van der Waals surface area (Å²) in [6.07, 6.45) is -3.58. The molecule has 0 fully saturated rings. The van der Waals surface area contributed by atoms with Crippen molar-refractivity contribution in [2.75, 3.05) is 20.3 Å². The Labute approximate surface area is 124 Å². The summed E-state index contributed by atoms with van der Waals surface area (Å²) >= 11 is 0. The summed E-state index contributed by atoms with van der Waals surface area (Å²) in [7, 11) is 1.43. The molecule has 0 atom stereocenters. The number of alkyl halides is 3. The van der Waals surface area contributed by atoms with Crippen LogP contribution in [0.2, 0.25) is 0 Å². The lowest BCUT2D eigenvalue weighted by Gasteiger charge is -2.08. The molecule has 0 heterocycles. The van der Waals surface area contributed by atoms with Crippen molar-refractivity contribution in [3.05, 3.63) is 35.4 Å². The predicted octanol–water partition coefficient (Wildman–Crippen LogP) is 2.68. The minimum absolute atomic E-state index is 0.00723. The highest BCUT2D eigenvalue weighted by Crippen LogP contribution is 2.23. The summed E-state index contributed by atoms with van der Waals surface area (Å²) in [5, 5.41) is 8.90. The summed E-state index contributed by atoms with van der Waals surface area (Å²) in [5.74, 6) is -1.24. The Morgan fingerprint density at radius 3 is 2.41 bits per heavy atom. The van der Waals surface area contributed by atoms with E-state index in [4.69, 9.17) is 14.7 Å². The molecule has 1 aromatic rings. The number of hydrogen-bond donors (Lipinski definition) is 0. The van der Waals surface area contributed by atoms with Gasteiger partial charge in [0, 0.05) is 7.11 Å². The third-order valence-corrected chi connectivity index (χ3v) is 2.29. The number of carbonyl (C=O) groups is 1. The van der Waals surface area contributed by atoms with Gasteiger partial charge in [0.05, 0.1) is 6.61 Å². The maximum atomic E-state index is 12.0. The highest BCUT2D eigenvalue weighted by molar-refractivity contribution is 5.97. The van der Waals surface area contributed by atoms with Crippen LogP contribution >= 0.6 is 0 Å². The second-order valence-electron chi connectivity index (χ2n) is 3.92. The average Bonchev–Trinajstić information content (AvgIpc) is 2.45. The van der Waals surface area contributed by atoms with E-state index in [0.717, 1.165) is 12.1 Å². The first-order valence-electron chi connectivity index (χ1n) is 5.99. The average molecular weight is 315 g/mol. The number of benzene rings is 1. The Balaban J connectivity index is 2.77. The Morgan fingerprint density at radius 2 is 1.91 bits per heavy atom. The van der Waals surface area contributed by atoms with Gasteiger partial charge >= 0.3 is 12.3 Å². The second kappa shape index (κ2) is 8.05. The molecule has 5 nitrogen and oxygen atoms in total. The van der Waals surface area contributed by atoms with Crippen molar-refractivity contribution in [2.24, 2.45) is 0 Å². The largest absolute Gasteiger partial charge is 0.573 e. The Kier molecular flexibility index (Phi) is 6.41. The topological polar surface area (TPSA) is 68.5 Å². The van der Waals surface area contributed by atoms with Crippen molar-refractivity contribution < 1.29 is 32.2 Å². The SMILES string of the molecule is COCCOC(=O)/C(C#N)=C/c1ccc(OC(F)(F)F)cc1. The summed E-state index contributed by atoms with van der Waals surface area (Å²) < 4.78 is 49.2. The van der Waals surface area contributed by atoms with Gasteiger partial charge in [0.1, 0.15) is 24.0 Å².